The molecular formula is C21H31ClF3N3O2. The number of carbonyl (C=O) groups is 1. The quantitative estimate of drug-likeness (QED) is 0.216. The Labute approximate surface area is 181 Å². The summed E-state index contributed by atoms with van der Waals surface area (Å²) in [5.74, 6) is 0.189. The molecule has 1 aromatic rings. The van der Waals surface area contributed by atoms with Crippen molar-refractivity contribution in [2.75, 3.05) is 25.1 Å². The predicted molar refractivity (Wildman–Crippen MR) is 115 cm³/mol. The van der Waals surface area contributed by atoms with Gasteiger partial charge in [0.25, 0.3) is 0 Å². The van der Waals surface area contributed by atoms with Gasteiger partial charge in [-0.3, -0.25) is 5.43 Å². The lowest BCUT2D eigenvalue weighted by Crippen LogP contribution is -2.40. The summed E-state index contributed by atoms with van der Waals surface area (Å²) >= 11 is 6.03. The number of benzene rings is 1. The lowest BCUT2D eigenvalue weighted by atomic mass is 10.1. The van der Waals surface area contributed by atoms with Crippen molar-refractivity contribution in [2.45, 2.75) is 53.6 Å². The first-order chi connectivity index (χ1) is 14.0. The number of esters is 1. The summed E-state index contributed by atoms with van der Waals surface area (Å²) in [7, 11) is 0. The minimum absolute atomic E-state index is 0.0200. The van der Waals surface area contributed by atoms with Crippen LogP contribution in [-0.2, 0) is 15.7 Å². The summed E-state index contributed by atoms with van der Waals surface area (Å²) in [5.41, 5.74) is 1.63. The van der Waals surface area contributed by atoms with Gasteiger partial charge in [-0.2, -0.15) is 13.2 Å². The summed E-state index contributed by atoms with van der Waals surface area (Å²) in [6.45, 7) is 11.3. The second-order valence-corrected chi connectivity index (χ2v) is 8.22. The molecule has 0 aliphatic heterocycles. The van der Waals surface area contributed by atoms with Gasteiger partial charge in [0.2, 0.25) is 5.84 Å². The first-order valence-corrected chi connectivity index (χ1v) is 10.5. The van der Waals surface area contributed by atoms with Gasteiger partial charge in [0.1, 0.15) is 0 Å². The van der Waals surface area contributed by atoms with E-state index in [-0.39, 0.29) is 23.2 Å². The highest BCUT2D eigenvalue weighted by Gasteiger charge is 2.31. The van der Waals surface area contributed by atoms with Gasteiger partial charge in [0.15, 0.2) is 0 Å². The third kappa shape index (κ3) is 8.81. The Kier molecular flexibility index (Phi) is 10.5. The monoisotopic (exact) mass is 449 g/mol. The fourth-order valence-electron chi connectivity index (χ4n) is 2.49. The number of nitrogens with zero attached hydrogens (tertiary/aromatic N) is 2. The van der Waals surface area contributed by atoms with E-state index >= 15 is 0 Å². The molecule has 0 heterocycles. The zero-order valence-corrected chi connectivity index (χ0v) is 18.9. The van der Waals surface area contributed by atoms with Crippen molar-refractivity contribution < 1.29 is 22.7 Å². The SMILES string of the molecule is CCOC(=O)C(=NNc1cc(C(F)(F)F)ccc1Cl)N(CCC(C)C)CCC(C)C. The third-order valence-corrected chi connectivity index (χ3v) is 4.62. The van der Waals surface area contributed by atoms with E-state index in [4.69, 9.17) is 16.3 Å². The zero-order chi connectivity index (χ0) is 22.9. The van der Waals surface area contributed by atoms with Gasteiger partial charge >= 0.3 is 12.1 Å². The number of hydrogen-bond acceptors (Lipinski definition) is 4. The Bertz CT molecular complexity index is 710. The highest BCUT2D eigenvalue weighted by Crippen LogP contribution is 2.33. The van der Waals surface area contributed by atoms with Gasteiger partial charge in [0, 0.05) is 13.1 Å². The number of hydrogen-bond donors (Lipinski definition) is 1. The molecule has 0 amide bonds. The summed E-state index contributed by atoms with van der Waals surface area (Å²) in [4.78, 5) is 14.4. The minimum Gasteiger partial charge on any atom is -0.460 e. The van der Waals surface area contributed by atoms with Crippen LogP contribution in [0.2, 0.25) is 5.02 Å². The average Bonchev–Trinajstić information content (AvgIpc) is 2.63. The van der Waals surface area contributed by atoms with Crippen LogP contribution in [0.3, 0.4) is 0 Å². The van der Waals surface area contributed by atoms with E-state index in [1.807, 2.05) is 4.90 Å². The molecule has 0 aromatic heterocycles. The Morgan fingerprint density at radius 3 is 2.20 bits per heavy atom. The van der Waals surface area contributed by atoms with E-state index in [0.29, 0.717) is 24.9 Å². The molecule has 0 fully saturated rings. The summed E-state index contributed by atoms with van der Waals surface area (Å²) in [6.07, 6.45) is -2.88. The van der Waals surface area contributed by atoms with E-state index in [9.17, 15) is 18.0 Å². The van der Waals surface area contributed by atoms with Crippen molar-refractivity contribution in [3.63, 3.8) is 0 Å². The van der Waals surface area contributed by atoms with Gasteiger partial charge < -0.3 is 9.64 Å². The topological polar surface area (TPSA) is 53.9 Å². The summed E-state index contributed by atoms with van der Waals surface area (Å²) in [6, 6.07) is 2.89. The summed E-state index contributed by atoms with van der Waals surface area (Å²) in [5, 5.41) is 4.18. The molecule has 0 aliphatic rings. The number of amidine groups is 1. The number of ether oxygens (including phenoxy) is 1. The minimum atomic E-state index is -4.52. The van der Waals surface area contributed by atoms with Crippen molar-refractivity contribution in [3.8, 4) is 0 Å². The van der Waals surface area contributed by atoms with Crippen LogP contribution in [0.4, 0.5) is 18.9 Å². The van der Waals surface area contributed by atoms with Crippen LogP contribution in [0.5, 0.6) is 0 Å². The molecule has 30 heavy (non-hydrogen) atoms. The fraction of sp³-hybridized carbons (Fsp3) is 0.619. The molecule has 1 aromatic carbocycles. The molecule has 0 saturated carbocycles. The van der Waals surface area contributed by atoms with E-state index in [0.717, 1.165) is 31.0 Å². The van der Waals surface area contributed by atoms with Crippen LogP contribution in [0.1, 0.15) is 53.0 Å². The number of alkyl halides is 3. The van der Waals surface area contributed by atoms with Crippen LogP contribution >= 0.6 is 11.6 Å². The molecule has 0 atom stereocenters. The lowest BCUT2D eigenvalue weighted by Gasteiger charge is -2.26. The lowest BCUT2D eigenvalue weighted by molar-refractivity contribution is -0.138. The van der Waals surface area contributed by atoms with E-state index in [2.05, 4.69) is 38.2 Å². The predicted octanol–water partition coefficient (Wildman–Crippen LogP) is 6.04. The van der Waals surface area contributed by atoms with Crippen LogP contribution < -0.4 is 5.43 Å². The van der Waals surface area contributed by atoms with Crippen molar-refractivity contribution in [1.82, 2.24) is 4.90 Å². The molecule has 1 rings (SSSR count). The molecule has 0 bridgehead atoms. The van der Waals surface area contributed by atoms with Gasteiger partial charge in [-0.1, -0.05) is 39.3 Å². The standard InChI is InChI=1S/C21H31ClF3N3O2/c1-6-30-20(29)19(28(11-9-14(2)3)12-10-15(4)5)27-26-18-13-16(21(23,24)25)7-8-17(18)22/h7-8,13-15,26H,6,9-12H2,1-5H3. The molecule has 170 valence electrons. The number of nitrogens with one attached hydrogen (secondary N) is 1. The maximum Gasteiger partial charge on any atom is 0.416 e. The molecule has 0 saturated heterocycles. The Morgan fingerprint density at radius 2 is 1.73 bits per heavy atom. The molecule has 9 heteroatoms. The van der Waals surface area contributed by atoms with Gasteiger partial charge in [-0.25, -0.2) is 4.79 Å². The summed E-state index contributed by atoms with van der Waals surface area (Å²) < 4.78 is 44.2. The van der Waals surface area contributed by atoms with Crippen molar-refractivity contribution in [3.05, 3.63) is 28.8 Å². The maximum atomic E-state index is 13.0. The highest BCUT2D eigenvalue weighted by molar-refractivity contribution is 6.35. The van der Waals surface area contributed by atoms with Crippen molar-refractivity contribution >= 4 is 29.1 Å². The van der Waals surface area contributed by atoms with Gasteiger partial charge in [-0.05, 0) is 49.8 Å². The average molecular weight is 450 g/mol. The first kappa shape index (κ1) is 26.1. The first-order valence-electron chi connectivity index (χ1n) is 10.1. The number of anilines is 1. The zero-order valence-electron chi connectivity index (χ0n) is 18.1. The van der Waals surface area contributed by atoms with Gasteiger partial charge in [-0.15, -0.1) is 5.10 Å². The Hall–Kier alpha value is -1.96. The largest absolute Gasteiger partial charge is 0.460 e. The molecule has 0 unspecified atom stereocenters. The molecule has 5 nitrogen and oxygen atoms in total. The van der Waals surface area contributed by atoms with Crippen LogP contribution in [-0.4, -0.2) is 36.4 Å². The highest BCUT2D eigenvalue weighted by atomic mass is 35.5. The molecule has 1 N–H and O–H groups in total. The van der Waals surface area contributed by atoms with E-state index in [1.54, 1.807) is 6.92 Å². The number of rotatable bonds is 9. The number of halogens is 4. The molecule has 0 spiro atoms. The molecule has 0 aliphatic carbocycles. The smallest absolute Gasteiger partial charge is 0.416 e. The van der Waals surface area contributed by atoms with Crippen LogP contribution in [0.15, 0.2) is 23.3 Å². The van der Waals surface area contributed by atoms with Crippen molar-refractivity contribution in [2.24, 2.45) is 16.9 Å². The van der Waals surface area contributed by atoms with E-state index < -0.39 is 17.7 Å². The van der Waals surface area contributed by atoms with Crippen LogP contribution in [0.25, 0.3) is 0 Å². The Balaban J connectivity index is 3.24. The number of carbonyl (C=O) groups excluding carboxylic acids is 1. The normalized spacial score (nSPS) is 12.4. The van der Waals surface area contributed by atoms with Gasteiger partial charge in [0.05, 0.1) is 22.9 Å². The Morgan fingerprint density at radius 1 is 1.17 bits per heavy atom. The van der Waals surface area contributed by atoms with E-state index in [1.165, 1.54) is 0 Å². The second-order valence-electron chi connectivity index (χ2n) is 7.81. The molecular weight excluding hydrogens is 419 g/mol. The van der Waals surface area contributed by atoms with Crippen molar-refractivity contribution in [1.29, 1.82) is 0 Å². The fourth-order valence-corrected chi connectivity index (χ4v) is 2.65. The third-order valence-electron chi connectivity index (χ3n) is 4.29. The number of hydrazone groups is 1. The maximum absolute atomic E-state index is 13.0. The molecule has 0 radical (unpaired) electrons. The van der Waals surface area contributed by atoms with Crippen LogP contribution in [0, 0.1) is 11.8 Å². The second kappa shape index (κ2) is 12.0.